The molecule has 0 spiro atoms. The van der Waals surface area contributed by atoms with E-state index in [0.717, 1.165) is 13.2 Å². The van der Waals surface area contributed by atoms with Gasteiger partial charge in [0, 0.05) is 0 Å². The lowest BCUT2D eigenvalue weighted by atomic mass is 10.1. The van der Waals surface area contributed by atoms with Crippen molar-refractivity contribution in [3.8, 4) is 5.75 Å². The Morgan fingerprint density at radius 1 is 1.19 bits per heavy atom. The molecule has 2 atom stereocenters. The van der Waals surface area contributed by atoms with Crippen molar-refractivity contribution in [3.63, 3.8) is 0 Å². The van der Waals surface area contributed by atoms with E-state index < -0.39 is 52.7 Å². The van der Waals surface area contributed by atoms with Gasteiger partial charge in [0.15, 0.2) is 6.61 Å². The Labute approximate surface area is 212 Å². The van der Waals surface area contributed by atoms with Crippen LogP contribution in [0.1, 0.15) is 23.6 Å². The van der Waals surface area contributed by atoms with Crippen molar-refractivity contribution in [2.45, 2.75) is 32.2 Å². The average molecular weight is 549 g/mol. The van der Waals surface area contributed by atoms with Gasteiger partial charge in [0.05, 0.1) is 35.4 Å². The molecule has 11 nitrogen and oxygen atoms in total. The lowest BCUT2D eigenvalue weighted by Gasteiger charge is -2.14. The van der Waals surface area contributed by atoms with Crippen LogP contribution < -0.4 is 4.74 Å². The van der Waals surface area contributed by atoms with Gasteiger partial charge in [0.1, 0.15) is 5.75 Å². The molecule has 0 aromatic heterocycles. The van der Waals surface area contributed by atoms with Crippen molar-refractivity contribution in [1.29, 1.82) is 0 Å². The first kappa shape index (κ1) is 29.3. The van der Waals surface area contributed by atoms with Crippen molar-refractivity contribution in [1.82, 2.24) is 0 Å². The Morgan fingerprint density at radius 3 is 2.43 bits per heavy atom. The third kappa shape index (κ3) is 9.57. The number of alkyl halides is 3. The molecular formula is C22H20ClF3N2O9. The fourth-order valence-electron chi connectivity index (χ4n) is 2.42. The molecule has 2 unspecified atom stereocenters. The second kappa shape index (κ2) is 13.4. The fraction of sp³-hybridized carbons (Fsp3) is 0.318. The summed E-state index contributed by atoms with van der Waals surface area (Å²) >= 11 is 5.76. The predicted octanol–water partition coefficient (Wildman–Crippen LogP) is 3.97. The average Bonchev–Trinajstić information content (AvgIpc) is 2.85. The van der Waals surface area contributed by atoms with E-state index in [1.165, 1.54) is 13.1 Å². The molecular weight excluding hydrogens is 529 g/mol. The Kier molecular flexibility index (Phi) is 10.6. The monoisotopic (exact) mass is 548 g/mol. The van der Waals surface area contributed by atoms with Crippen LogP contribution in [-0.2, 0) is 41.4 Å². The maximum absolute atomic E-state index is 12.7. The summed E-state index contributed by atoms with van der Waals surface area (Å²) in [4.78, 5) is 37.9. The van der Waals surface area contributed by atoms with Gasteiger partial charge < -0.3 is 19.0 Å². The van der Waals surface area contributed by atoms with Crippen molar-refractivity contribution >= 4 is 29.8 Å². The Morgan fingerprint density at radius 2 is 1.86 bits per heavy atom. The molecule has 0 N–H and O–H groups in total. The maximum atomic E-state index is 12.7. The summed E-state index contributed by atoms with van der Waals surface area (Å²) in [6.07, 6.45) is -6.49. The highest BCUT2D eigenvalue weighted by Gasteiger charge is 2.32. The molecule has 37 heavy (non-hydrogen) atoms. The van der Waals surface area contributed by atoms with Gasteiger partial charge in [-0.3, -0.25) is 14.9 Å². The number of rotatable bonds is 12. The molecule has 0 aliphatic rings. The number of carbonyl (C=O) groups is 2. The van der Waals surface area contributed by atoms with E-state index >= 15 is 0 Å². The summed E-state index contributed by atoms with van der Waals surface area (Å²) in [5.41, 5.74) is -0.00492. The van der Waals surface area contributed by atoms with Crippen molar-refractivity contribution in [2.75, 3.05) is 13.7 Å². The number of carbonyl (C=O) groups excluding carboxylic acids is 2. The zero-order valence-corrected chi connectivity index (χ0v) is 20.0. The molecule has 0 heterocycles. The standard InChI is InChI=1S/C22H20ClF3N2O9/c1-13(20(30)34-12-19(29)33-2)37-27-10-14-3-5-15(6-4-14)11-35-21(28(31)32)36-18-8-7-16(9-17(18)23)22(24,25)26/h3-10,13,21H,11-12H2,1-2H3/b27-10+. The molecule has 2 aromatic carbocycles. The molecule has 0 bridgehead atoms. The van der Waals surface area contributed by atoms with Gasteiger partial charge >= 0.3 is 24.5 Å². The van der Waals surface area contributed by atoms with E-state index in [9.17, 15) is 32.9 Å². The third-order valence-electron chi connectivity index (χ3n) is 4.34. The van der Waals surface area contributed by atoms with E-state index in [1.54, 1.807) is 24.3 Å². The normalized spacial score (nSPS) is 13.0. The summed E-state index contributed by atoms with van der Waals surface area (Å²) in [6.45, 7) is 0.528. The molecule has 15 heteroatoms. The zero-order valence-electron chi connectivity index (χ0n) is 19.3. The second-order valence-corrected chi connectivity index (χ2v) is 7.48. The molecule has 0 radical (unpaired) electrons. The number of benzene rings is 2. The van der Waals surface area contributed by atoms with Crippen LogP contribution in [0.3, 0.4) is 0 Å². The second-order valence-electron chi connectivity index (χ2n) is 7.07. The number of esters is 2. The van der Waals surface area contributed by atoms with Crippen molar-refractivity contribution < 1.29 is 51.5 Å². The van der Waals surface area contributed by atoms with Crippen LogP contribution in [0.4, 0.5) is 13.2 Å². The van der Waals surface area contributed by atoms with Crippen LogP contribution >= 0.6 is 11.6 Å². The van der Waals surface area contributed by atoms with E-state index in [2.05, 4.69) is 14.6 Å². The molecule has 0 amide bonds. The summed E-state index contributed by atoms with van der Waals surface area (Å²) in [7, 11) is 1.14. The minimum Gasteiger partial charge on any atom is -0.466 e. The van der Waals surface area contributed by atoms with E-state index in [-0.39, 0.29) is 12.4 Å². The molecule has 2 aromatic rings. The summed E-state index contributed by atoms with van der Waals surface area (Å²) in [6, 6.07) is 8.37. The van der Waals surface area contributed by atoms with Gasteiger partial charge in [-0.2, -0.15) is 13.2 Å². The van der Waals surface area contributed by atoms with Crippen LogP contribution in [0, 0.1) is 10.1 Å². The van der Waals surface area contributed by atoms with Gasteiger partial charge in [-0.25, -0.2) is 9.59 Å². The van der Waals surface area contributed by atoms with Crippen molar-refractivity contribution in [3.05, 3.63) is 74.3 Å². The first-order valence-electron chi connectivity index (χ1n) is 10.2. The van der Waals surface area contributed by atoms with Gasteiger partial charge in [0.25, 0.3) is 0 Å². The molecule has 0 aliphatic carbocycles. The summed E-state index contributed by atoms with van der Waals surface area (Å²) in [5.74, 6) is -1.91. The van der Waals surface area contributed by atoms with Gasteiger partial charge in [0.2, 0.25) is 6.10 Å². The van der Waals surface area contributed by atoms with Gasteiger partial charge in [-0.15, -0.1) is 0 Å². The Hall–Kier alpha value is -3.91. The quantitative estimate of drug-likeness (QED) is 0.127. The Balaban J connectivity index is 1.89. The topological polar surface area (TPSA) is 136 Å². The first-order valence-corrected chi connectivity index (χ1v) is 10.6. The SMILES string of the molecule is COC(=O)COC(=O)C(C)O/N=C/c1ccc(COC(Oc2ccc(C(F)(F)F)cc2Cl)[N+](=O)[O-])cc1. The van der Waals surface area contributed by atoms with E-state index in [4.69, 9.17) is 25.9 Å². The van der Waals surface area contributed by atoms with E-state index in [0.29, 0.717) is 23.3 Å². The number of hydrogen-bond acceptors (Lipinski definition) is 10. The van der Waals surface area contributed by atoms with Crippen LogP contribution in [0.5, 0.6) is 5.75 Å². The highest BCUT2D eigenvalue weighted by molar-refractivity contribution is 6.32. The van der Waals surface area contributed by atoms with Crippen LogP contribution in [0.15, 0.2) is 47.6 Å². The highest BCUT2D eigenvalue weighted by Crippen LogP contribution is 2.35. The number of ether oxygens (including phenoxy) is 4. The highest BCUT2D eigenvalue weighted by atomic mass is 35.5. The number of nitrogens with zero attached hydrogens (tertiary/aromatic N) is 2. The number of oxime groups is 1. The molecule has 0 fully saturated rings. The lowest BCUT2D eigenvalue weighted by Crippen LogP contribution is -2.29. The number of hydrogen-bond donors (Lipinski definition) is 0. The molecule has 200 valence electrons. The fourth-order valence-corrected chi connectivity index (χ4v) is 2.64. The third-order valence-corrected chi connectivity index (χ3v) is 4.64. The van der Waals surface area contributed by atoms with Crippen molar-refractivity contribution in [2.24, 2.45) is 5.16 Å². The molecule has 0 saturated heterocycles. The smallest absolute Gasteiger partial charge is 0.466 e. The lowest BCUT2D eigenvalue weighted by molar-refractivity contribution is -0.621. The predicted molar refractivity (Wildman–Crippen MR) is 120 cm³/mol. The summed E-state index contributed by atoms with van der Waals surface area (Å²) < 4.78 is 57.4. The van der Waals surface area contributed by atoms with E-state index in [1.807, 2.05) is 0 Å². The van der Waals surface area contributed by atoms with Gasteiger partial charge in [-0.05, 0) is 36.2 Å². The number of halogens is 4. The summed E-state index contributed by atoms with van der Waals surface area (Å²) in [5, 5.41) is 14.5. The van der Waals surface area contributed by atoms with Gasteiger partial charge in [-0.1, -0.05) is 41.0 Å². The molecule has 0 saturated carbocycles. The molecule has 2 rings (SSSR count). The number of methoxy groups -OCH3 is 1. The molecule has 0 aliphatic heterocycles. The Bertz CT molecular complexity index is 1130. The zero-order chi connectivity index (χ0) is 27.6. The van der Waals surface area contributed by atoms with Crippen LogP contribution in [-0.4, -0.2) is 49.3 Å². The van der Waals surface area contributed by atoms with Crippen LogP contribution in [0.25, 0.3) is 0 Å². The number of nitro groups is 1. The maximum Gasteiger partial charge on any atom is 0.475 e. The first-order chi connectivity index (χ1) is 17.4. The minimum absolute atomic E-state index is 0.277. The minimum atomic E-state index is -4.64. The largest absolute Gasteiger partial charge is 0.475 e. The van der Waals surface area contributed by atoms with Crippen LogP contribution in [0.2, 0.25) is 5.02 Å².